The molecule has 1 aliphatic rings. The number of ether oxygens (including phenoxy) is 2. The summed E-state index contributed by atoms with van der Waals surface area (Å²) in [5.74, 6) is 1.01. The van der Waals surface area contributed by atoms with Gasteiger partial charge in [-0.05, 0) is 45.1 Å². The Kier molecular flexibility index (Phi) is 4.73. The molecule has 2 aromatic heterocycles. The fourth-order valence-corrected chi connectivity index (χ4v) is 3.59. The van der Waals surface area contributed by atoms with Crippen molar-refractivity contribution in [3.8, 4) is 5.75 Å². The maximum atomic E-state index is 12.3. The van der Waals surface area contributed by atoms with Gasteiger partial charge in [0.25, 0.3) is 0 Å². The Bertz CT molecular complexity index is 814. The van der Waals surface area contributed by atoms with Crippen LogP contribution in [0.5, 0.6) is 5.75 Å². The second-order valence-electron chi connectivity index (χ2n) is 7.88. The first-order chi connectivity index (χ1) is 12.2. The van der Waals surface area contributed by atoms with Crippen LogP contribution in [0.2, 0.25) is 0 Å². The van der Waals surface area contributed by atoms with E-state index < -0.39 is 5.60 Å². The number of carbonyl (C=O) groups is 1. The van der Waals surface area contributed by atoms with Gasteiger partial charge in [-0.25, -0.2) is 9.78 Å². The molecule has 3 rings (SSSR count). The van der Waals surface area contributed by atoms with Gasteiger partial charge in [0.2, 0.25) is 0 Å². The van der Waals surface area contributed by atoms with E-state index in [1.54, 1.807) is 18.2 Å². The summed E-state index contributed by atoms with van der Waals surface area (Å²) in [4.78, 5) is 18.5. The number of aromatic nitrogens is 2. The molecule has 2 N–H and O–H groups in total. The Hall–Kier alpha value is -2.44. The molecule has 0 spiro atoms. The van der Waals surface area contributed by atoms with Crippen molar-refractivity contribution in [3.05, 3.63) is 18.0 Å². The van der Waals surface area contributed by atoms with Crippen LogP contribution in [0.15, 0.2) is 12.4 Å². The van der Waals surface area contributed by atoms with E-state index in [1.165, 1.54) is 5.56 Å². The molecule has 2 aromatic rings. The monoisotopic (exact) mass is 360 g/mol. The Balaban J connectivity index is 1.82. The van der Waals surface area contributed by atoms with Crippen molar-refractivity contribution in [2.75, 3.05) is 25.9 Å². The lowest BCUT2D eigenvalue weighted by molar-refractivity contribution is 0.0205. The van der Waals surface area contributed by atoms with Gasteiger partial charge in [-0.2, -0.15) is 0 Å². The van der Waals surface area contributed by atoms with E-state index in [2.05, 4.69) is 11.2 Å². The number of likely N-dealkylation sites (tertiary alicyclic amines) is 1. The lowest BCUT2D eigenvalue weighted by atomic mass is 9.89. The number of carbonyl (C=O) groups excluding carboxylic acids is 1. The number of amides is 1. The largest absolute Gasteiger partial charge is 0.494 e. The van der Waals surface area contributed by atoms with Crippen molar-refractivity contribution < 1.29 is 14.3 Å². The van der Waals surface area contributed by atoms with Crippen LogP contribution in [-0.2, 0) is 11.8 Å². The number of piperidine rings is 1. The molecule has 7 heteroatoms. The van der Waals surface area contributed by atoms with Crippen molar-refractivity contribution in [1.82, 2.24) is 14.5 Å². The van der Waals surface area contributed by atoms with E-state index in [0.717, 1.165) is 23.9 Å². The first-order valence-corrected chi connectivity index (χ1v) is 8.96. The molecular formula is C19H28N4O3. The summed E-state index contributed by atoms with van der Waals surface area (Å²) in [6.07, 6.45) is 5.24. The maximum absolute atomic E-state index is 12.3. The number of methoxy groups -OCH3 is 1. The summed E-state index contributed by atoms with van der Waals surface area (Å²) in [7, 11) is 3.61. The van der Waals surface area contributed by atoms with Gasteiger partial charge >= 0.3 is 6.09 Å². The number of nitrogens with zero attached hydrogens (tertiary/aromatic N) is 3. The smallest absolute Gasteiger partial charge is 0.410 e. The predicted molar refractivity (Wildman–Crippen MR) is 101 cm³/mol. The summed E-state index contributed by atoms with van der Waals surface area (Å²) < 4.78 is 13.0. The van der Waals surface area contributed by atoms with Gasteiger partial charge in [-0.3, -0.25) is 0 Å². The maximum Gasteiger partial charge on any atom is 0.410 e. The van der Waals surface area contributed by atoms with Crippen molar-refractivity contribution >= 4 is 22.8 Å². The van der Waals surface area contributed by atoms with Gasteiger partial charge in [0.15, 0.2) is 5.75 Å². The average Bonchev–Trinajstić information content (AvgIpc) is 2.90. The highest BCUT2D eigenvalue weighted by molar-refractivity contribution is 5.92. The summed E-state index contributed by atoms with van der Waals surface area (Å²) in [5.41, 5.74) is 8.17. The highest BCUT2D eigenvalue weighted by atomic mass is 16.6. The number of pyridine rings is 1. The van der Waals surface area contributed by atoms with Crippen LogP contribution in [0.4, 0.5) is 10.5 Å². The van der Waals surface area contributed by atoms with Crippen molar-refractivity contribution in [1.29, 1.82) is 0 Å². The molecule has 0 aliphatic carbocycles. The molecule has 7 nitrogen and oxygen atoms in total. The molecule has 0 bridgehead atoms. The zero-order valence-electron chi connectivity index (χ0n) is 16.2. The predicted octanol–water partition coefficient (Wildman–Crippen LogP) is 3.28. The van der Waals surface area contributed by atoms with Crippen molar-refractivity contribution in [2.24, 2.45) is 7.05 Å². The second kappa shape index (κ2) is 6.70. The van der Waals surface area contributed by atoms with Crippen LogP contribution in [0.1, 0.15) is 45.1 Å². The first kappa shape index (κ1) is 18.4. The number of hydrogen-bond donors (Lipinski definition) is 1. The zero-order chi connectivity index (χ0) is 19.1. The van der Waals surface area contributed by atoms with E-state index in [0.29, 0.717) is 30.4 Å². The number of anilines is 1. The number of nitrogen functional groups attached to an aromatic ring is 1. The minimum Gasteiger partial charge on any atom is -0.494 e. The normalized spacial score (nSPS) is 16.1. The fourth-order valence-electron chi connectivity index (χ4n) is 3.59. The van der Waals surface area contributed by atoms with Crippen LogP contribution in [0, 0.1) is 0 Å². The Morgan fingerprint density at radius 1 is 1.31 bits per heavy atom. The van der Waals surface area contributed by atoms with E-state index in [9.17, 15) is 4.79 Å². The molecule has 0 radical (unpaired) electrons. The molecule has 1 fully saturated rings. The topological polar surface area (TPSA) is 82.6 Å². The number of aryl methyl sites for hydroxylation is 1. The second-order valence-corrected chi connectivity index (χ2v) is 7.88. The number of fused-ring (bicyclic) bond motifs is 1. The fraction of sp³-hybridized carbons (Fsp3) is 0.579. The third kappa shape index (κ3) is 3.43. The molecule has 142 valence electrons. The van der Waals surface area contributed by atoms with Crippen LogP contribution in [0.3, 0.4) is 0 Å². The minimum atomic E-state index is -0.472. The molecule has 1 aliphatic heterocycles. The highest BCUT2D eigenvalue weighted by Crippen LogP contribution is 2.40. The summed E-state index contributed by atoms with van der Waals surface area (Å²) in [5, 5.41) is 0.978. The minimum absolute atomic E-state index is 0.239. The molecule has 3 heterocycles. The molecule has 1 amide bonds. The van der Waals surface area contributed by atoms with Crippen LogP contribution in [0.25, 0.3) is 11.0 Å². The van der Waals surface area contributed by atoms with Gasteiger partial charge in [-0.1, -0.05) is 0 Å². The quantitative estimate of drug-likeness (QED) is 0.889. The standard InChI is InChI=1S/C19H28N4O3/c1-19(2,3)26-18(24)23-8-6-12(7-9-23)13-11-22(4)17-15(13)16(25-5)14(20)10-21-17/h10-12H,6-9,20H2,1-5H3. The van der Waals surface area contributed by atoms with E-state index in [1.807, 2.05) is 32.4 Å². The van der Waals surface area contributed by atoms with Crippen LogP contribution >= 0.6 is 0 Å². The van der Waals surface area contributed by atoms with Gasteiger partial charge in [0, 0.05) is 26.3 Å². The van der Waals surface area contributed by atoms with E-state index in [-0.39, 0.29) is 6.09 Å². The van der Waals surface area contributed by atoms with Crippen LogP contribution in [-0.4, -0.2) is 46.3 Å². The molecule has 0 unspecified atom stereocenters. The van der Waals surface area contributed by atoms with Crippen molar-refractivity contribution in [2.45, 2.75) is 45.1 Å². The van der Waals surface area contributed by atoms with Gasteiger partial charge in [-0.15, -0.1) is 0 Å². The summed E-state index contributed by atoms with van der Waals surface area (Å²) in [6.45, 7) is 7.01. The molecule has 0 aromatic carbocycles. The van der Waals surface area contributed by atoms with Gasteiger partial charge in [0.1, 0.15) is 11.2 Å². The Morgan fingerprint density at radius 3 is 2.54 bits per heavy atom. The van der Waals surface area contributed by atoms with Gasteiger partial charge < -0.3 is 24.7 Å². The number of nitrogens with two attached hydrogens (primary N) is 1. The molecule has 26 heavy (non-hydrogen) atoms. The average molecular weight is 360 g/mol. The van der Waals surface area contributed by atoms with Crippen molar-refractivity contribution in [3.63, 3.8) is 0 Å². The lowest BCUT2D eigenvalue weighted by Crippen LogP contribution is -2.41. The molecule has 0 atom stereocenters. The van der Waals surface area contributed by atoms with E-state index >= 15 is 0 Å². The van der Waals surface area contributed by atoms with Crippen LogP contribution < -0.4 is 10.5 Å². The number of hydrogen-bond acceptors (Lipinski definition) is 5. The Morgan fingerprint density at radius 2 is 1.96 bits per heavy atom. The zero-order valence-corrected chi connectivity index (χ0v) is 16.2. The summed E-state index contributed by atoms with van der Waals surface area (Å²) in [6, 6.07) is 0. The number of rotatable bonds is 2. The highest BCUT2D eigenvalue weighted by Gasteiger charge is 2.30. The molecule has 1 saturated heterocycles. The molecule has 0 saturated carbocycles. The third-order valence-electron chi connectivity index (χ3n) is 4.78. The lowest BCUT2D eigenvalue weighted by Gasteiger charge is -2.33. The first-order valence-electron chi connectivity index (χ1n) is 8.96. The van der Waals surface area contributed by atoms with Gasteiger partial charge in [0.05, 0.1) is 24.4 Å². The summed E-state index contributed by atoms with van der Waals surface area (Å²) >= 11 is 0. The SMILES string of the molecule is COc1c(N)cnc2c1c(C1CCN(C(=O)OC(C)(C)C)CC1)cn2C. The molecular weight excluding hydrogens is 332 g/mol. The Labute approximate surface area is 154 Å². The van der Waals surface area contributed by atoms with E-state index in [4.69, 9.17) is 15.2 Å². The third-order valence-corrected chi connectivity index (χ3v) is 4.78.